The van der Waals surface area contributed by atoms with E-state index in [1.807, 2.05) is 0 Å². The molecule has 0 aliphatic heterocycles. The number of halogens is 6. The maximum Gasteiger partial charge on any atom is 0.335 e. The Labute approximate surface area is 237 Å². The van der Waals surface area contributed by atoms with E-state index in [2.05, 4.69) is 11.2 Å². The van der Waals surface area contributed by atoms with Crippen LogP contribution in [-0.2, 0) is 6.67 Å². The lowest BCUT2D eigenvalue weighted by atomic mass is 10.1. The summed E-state index contributed by atoms with van der Waals surface area (Å²) in [5, 5.41) is 25.8. The van der Waals surface area contributed by atoms with E-state index in [1.165, 1.54) is 12.1 Å². The minimum atomic E-state index is -1.76. The molecule has 15 heteroatoms. The molecule has 0 aromatic heterocycles. The average molecular weight is 612 g/mol. The third kappa shape index (κ3) is 8.88. The zero-order valence-corrected chi connectivity index (χ0v) is 23.3. The number of hydrogen-bond acceptors (Lipinski definition) is 6. The van der Waals surface area contributed by atoms with Crippen LogP contribution in [0, 0.1) is 44.2 Å². The highest BCUT2D eigenvalue weighted by Crippen LogP contribution is 2.44. The first-order valence-corrected chi connectivity index (χ1v) is 12.4. The number of rotatable bonds is 10. The molecule has 1 N–H and O–H groups in total. The zero-order chi connectivity index (χ0) is 30.1. The number of nitrogens with zero attached hydrogens (tertiary/aromatic N) is 3. The smallest absolute Gasteiger partial charge is 0.335 e. The largest absolute Gasteiger partial charge is 0.359 e. The van der Waals surface area contributed by atoms with Gasteiger partial charge in [0, 0.05) is 34.6 Å². The molecule has 1 amide bonds. The van der Waals surface area contributed by atoms with Crippen LogP contribution in [0.4, 0.5) is 30.2 Å². The molecule has 0 fully saturated rings. The fourth-order valence-corrected chi connectivity index (χ4v) is 3.97. The molecule has 2 aromatic carbocycles. The van der Waals surface area contributed by atoms with E-state index in [-0.39, 0.29) is 24.9 Å². The number of anilines is 1. The van der Waals surface area contributed by atoms with Gasteiger partial charge in [-0.05, 0) is 38.5 Å². The van der Waals surface area contributed by atoms with Crippen molar-refractivity contribution in [2.75, 3.05) is 23.9 Å². The quantitative estimate of drug-likeness (QED) is 0.136. The summed E-state index contributed by atoms with van der Waals surface area (Å²) in [6.07, 6.45) is 5.66. The van der Waals surface area contributed by atoms with Crippen molar-refractivity contribution in [3.63, 3.8) is 0 Å². The van der Waals surface area contributed by atoms with Crippen LogP contribution in [0.2, 0.25) is 10.0 Å². The Morgan fingerprint density at radius 1 is 1.08 bits per heavy atom. The van der Waals surface area contributed by atoms with Gasteiger partial charge in [0.2, 0.25) is 17.3 Å². The molecule has 0 radical (unpaired) electrons. The van der Waals surface area contributed by atoms with Crippen LogP contribution in [0.1, 0.15) is 43.1 Å². The van der Waals surface area contributed by atoms with Gasteiger partial charge >= 0.3 is 11.4 Å². The minimum Gasteiger partial charge on any atom is -0.359 e. The van der Waals surface area contributed by atoms with Crippen molar-refractivity contribution in [2.24, 2.45) is 0 Å². The third-order valence-corrected chi connectivity index (χ3v) is 5.57. The fraction of sp³-hybridized carbons (Fsp3) is 0.375. The lowest BCUT2D eigenvalue weighted by Gasteiger charge is -2.23. The molecule has 0 bridgehead atoms. The first kappa shape index (κ1) is 33.8. The average Bonchev–Trinajstić information content (AvgIpc) is 2.82. The van der Waals surface area contributed by atoms with Crippen LogP contribution in [0.5, 0.6) is 0 Å². The first-order valence-electron chi connectivity index (χ1n) is 11.1. The number of nitro groups is 2. The van der Waals surface area contributed by atoms with Gasteiger partial charge < -0.3 is 10.2 Å². The van der Waals surface area contributed by atoms with Gasteiger partial charge in [-0.3, -0.25) is 25.0 Å². The number of terminal acetylenes is 1. The molecule has 0 saturated carbocycles. The summed E-state index contributed by atoms with van der Waals surface area (Å²) >= 11 is 17.1. The Morgan fingerprint density at radius 3 is 1.92 bits per heavy atom. The predicted octanol–water partition coefficient (Wildman–Crippen LogP) is 6.84. The monoisotopic (exact) mass is 610 g/mol. The first-order chi connectivity index (χ1) is 18.1. The predicted molar refractivity (Wildman–Crippen MR) is 145 cm³/mol. The van der Waals surface area contributed by atoms with Gasteiger partial charge in [0.1, 0.15) is 6.67 Å². The molecular weight excluding hydrogens is 588 g/mol. The van der Waals surface area contributed by atoms with Crippen LogP contribution in [0.15, 0.2) is 18.2 Å². The summed E-state index contributed by atoms with van der Waals surface area (Å²) in [4.78, 5) is 32.7. The topological polar surface area (TPSA) is 119 Å². The number of amides is 1. The van der Waals surface area contributed by atoms with E-state index in [4.69, 9.17) is 41.2 Å². The lowest BCUT2D eigenvalue weighted by Crippen LogP contribution is -2.42. The van der Waals surface area contributed by atoms with Crippen molar-refractivity contribution >= 4 is 57.8 Å². The highest BCUT2D eigenvalue weighted by atomic mass is 35.5. The van der Waals surface area contributed by atoms with E-state index in [1.54, 1.807) is 26.8 Å². The summed E-state index contributed by atoms with van der Waals surface area (Å²) in [7, 11) is 0. The Hall–Kier alpha value is -3.27. The molecule has 0 saturated heterocycles. The van der Waals surface area contributed by atoms with Crippen molar-refractivity contribution in [1.29, 1.82) is 0 Å². The normalized spacial score (nSPS) is 10.7. The van der Waals surface area contributed by atoms with Crippen LogP contribution < -0.4 is 10.2 Å². The number of carbonyl (C=O) groups is 1. The highest BCUT2D eigenvalue weighted by molar-refractivity contribution is 6.35. The van der Waals surface area contributed by atoms with Gasteiger partial charge in [0.15, 0.2) is 0 Å². The molecule has 2 aromatic rings. The fourth-order valence-electron chi connectivity index (χ4n) is 3.24. The lowest BCUT2D eigenvalue weighted by molar-refractivity contribution is -0.396. The Bertz CT molecular complexity index is 1220. The molecule has 39 heavy (non-hydrogen) atoms. The number of hydrogen-bond donors (Lipinski definition) is 1. The SMILES string of the molecule is C#CC(C)(C)NC(=O)c1cc(Cl)cc(Cl)c1.CCCN(CCCl)c1c([N+](=O)[O-])c(F)c(CF)c(F)c1[N+](=O)[O-]. The molecule has 0 spiro atoms. The van der Waals surface area contributed by atoms with Gasteiger partial charge in [-0.25, -0.2) is 4.39 Å². The van der Waals surface area contributed by atoms with Crippen LogP contribution >= 0.6 is 34.8 Å². The molecule has 0 aliphatic rings. The highest BCUT2D eigenvalue weighted by Gasteiger charge is 2.40. The third-order valence-electron chi connectivity index (χ3n) is 4.97. The molecule has 0 unspecified atom stereocenters. The molecular formula is C24H24Cl3F3N4O5. The Morgan fingerprint density at radius 2 is 1.56 bits per heavy atom. The number of nitro benzene ring substituents is 2. The Kier molecular flexibility index (Phi) is 12.8. The molecule has 9 nitrogen and oxygen atoms in total. The van der Waals surface area contributed by atoms with E-state index in [9.17, 15) is 38.2 Å². The number of benzene rings is 2. The molecule has 0 atom stereocenters. The van der Waals surface area contributed by atoms with Gasteiger partial charge in [-0.2, -0.15) is 8.78 Å². The van der Waals surface area contributed by atoms with Gasteiger partial charge in [0.05, 0.1) is 20.9 Å². The summed E-state index contributed by atoms with van der Waals surface area (Å²) in [5.41, 5.74) is -5.15. The van der Waals surface area contributed by atoms with E-state index >= 15 is 0 Å². The van der Waals surface area contributed by atoms with Crippen LogP contribution in [0.3, 0.4) is 0 Å². The standard InChI is InChI=1S/C12H11Cl2NO.C12H13ClF3N3O4/c1-4-12(2,3)15-11(16)8-5-9(13)7-10(14)6-8;1-2-4-17(5-3-13)12-10(18(20)21)8(15)7(6-14)9(16)11(12)19(22)23/h1,5-7H,2-3H3,(H,15,16);2-6H2,1H3. The second-order valence-corrected chi connectivity index (χ2v) is 9.61. The number of alkyl halides is 2. The molecule has 0 aliphatic carbocycles. The summed E-state index contributed by atoms with van der Waals surface area (Å²) in [6.45, 7) is 3.33. The number of carbonyl (C=O) groups excluding carboxylic acids is 1. The van der Waals surface area contributed by atoms with Gasteiger partial charge in [0.25, 0.3) is 5.91 Å². The second-order valence-electron chi connectivity index (χ2n) is 8.36. The van der Waals surface area contributed by atoms with Crippen molar-refractivity contribution in [2.45, 2.75) is 39.4 Å². The van der Waals surface area contributed by atoms with Crippen molar-refractivity contribution in [1.82, 2.24) is 5.32 Å². The second kappa shape index (κ2) is 14.8. The van der Waals surface area contributed by atoms with E-state index in [0.29, 0.717) is 22.0 Å². The van der Waals surface area contributed by atoms with E-state index < -0.39 is 56.3 Å². The van der Waals surface area contributed by atoms with Gasteiger partial charge in [-0.15, -0.1) is 18.0 Å². The zero-order valence-electron chi connectivity index (χ0n) is 21.0. The van der Waals surface area contributed by atoms with Crippen molar-refractivity contribution < 1.29 is 27.8 Å². The molecule has 2 rings (SSSR count). The summed E-state index contributed by atoms with van der Waals surface area (Å²) in [5.74, 6) is -1.42. The number of nitrogens with one attached hydrogen (secondary N) is 1. The minimum absolute atomic E-state index is 0.0439. The van der Waals surface area contributed by atoms with Crippen molar-refractivity contribution in [3.8, 4) is 12.3 Å². The molecule has 212 valence electrons. The molecule has 0 heterocycles. The van der Waals surface area contributed by atoms with E-state index in [0.717, 1.165) is 4.90 Å². The summed E-state index contributed by atoms with van der Waals surface area (Å²) < 4.78 is 41.1. The van der Waals surface area contributed by atoms with Gasteiger partial charge in [-0.1, -0.05) is 36.0 Å². The summed E-state index contributed by atoms with van der Waals surface area (Å²) in [6, 6.07) is 4.64. The Balaban J connectivity index is 0.000000416. The van der Waals surface area contributed by atoms with Crippen molar-refractivity contribution in [3.05, 3.63) is 71.2 Å². The van der Waals surface area contributed by atoms with Crippen LogP contribution in [-0.4, -0.2) is 40.3 Å². The van der Waals surface area contributed by atoms with Crippen LogP contribution in [0.25, 0.3) is 0 Å². The maximum absolute atomic E-state index is 14.1. The maximum atomic E-state index is 14.1.